The second kappa shape index (κ2) is 7.31. The molecule has 0 saturated carbocycles. The van der Waals surface area contributed by atoms with Gasteiger partial charge < -0.3 is 9.15 Å². The van der Waals surface area contributed by atoms with Crippen molar-refractivity contribution in [3.8, 4) is 16.6 Å². The maximum absolute atomic E-state index is 13.7. The number of hydrogen-bond donors (Lipinski definition) is 1. The molecule has 1 N–H and O–H groups in total. The minimum absolute atomic E-state index is 0.0778. The molecular formula is C19H16F3N5O2S. The highest BCUT2D eigenvalue weighted by Crippen LogP contribution is 2.43. The van der Waals surface area contributed by atoms with Crippen molar-refractivity contribution in [2.45, 2.75) is 24.7 Å². The molecule has 2 bridgehead atoms. The molecule has 11 heteroatoms. The van der Waals surface area contributed by atoms with Gasteiger partial charge >= 0.3 is 6.18 Å². The maximum atomic E-state index is 13.7. The first-order chi connectivity index (χ1) is 14.4. The fourth-order valence-electron chi connectivity index (χ4n) is 4.00. The van der Waals surface area contributed by atoms with Crippen molar-refractivity contribution >= 4 is 22.4 Å². The van der Waals surface area contributed by atoms with E-state index in [-0.39, 0.29) is 22.7 Å². The summed E-state index contributed by atoms with van der Waals surface area (Å²) in [6.07, 6.45) is -4.56. The van der Waals surface area contributed by atoms with E-state index in [9.17, 15) is 13.2 Å². The summed E-state index contributed by atoms with van der Waals surface area (Å²) in [5.41, 5.74) is 4.01. The zero-order chi connectivity index (χ0) is 20.9. The Morgan fingerprint density at radius 1 is 1.40 bits per heavy atom. The largest absolute Gasteiger partial charge is 0.438 e. The number of hydrogen-bond acceptors (Lipinski definition) is 8. The van der Waals surface area contributed by atoms with Crippen molar-refractivity contribution in [1.82, 2.24) is 20.4 Å². The summed E-state index contributed by atoms with van der Waals surface area (Å²) in [6, 6.07) is 4.26. The number of rotatable bonds is 5. The van der Waals surface area contributed by atoms with Crippen molar-refractivity contribution < 1.29 is 22.3 Å². The molecule has 3 aromatic rings. The molecule has 1 aromatic carbocycles. The van der Waals surface area contributed by atoms with E-state index in [2.05, 4.69) is 15.4 Å². The van der Waals surface area contributed by atoms with Crippen molar-refractivity contribution in [2.24, 2.45) is 5.92 Å². The lowest BCUT2D eigenvalue weighted by Crippen LogP contribution is -2.60. The molecule has 6 rings (SSSR count). The quantitative estimate of drug-likeness (QED) is 0.649. The Kier molecular flexibility index (Phi) is 4.74. The number of hydrazine groups is 1. The van der Waals surface area contributed by atoms with Crippen LogP contribution < -0.4 is 5.43 Å². The van der Waals surface area contributed by atoms with Crippen LogP contribution in [-0.4, -0.2) is 40.8 Å². The van der Waals surface area contributed by atoms with Crippen LogP contribution in [0, 0.1) is 17.2 Å². The third-order valence-electron chi connectivity index (χ3n) is 5.31. The number of ether oxygens (including phenoxy) is 1. The van der Waals surface area contributed by atoms with Crippen LogP contribution in [0.3, 0.4) is 0 Å². The standard InChI is InChI=1S/C19H16F3N5O2S/c20-19(21,22)16(28-5-3-23)11-1-2-12(18-24-4-6-30-18)15-14(11)25-17(29-15)13-7-10-8-27(9-10)26-13/h1-2,4,6,10,13,16,26H,5,7-9H2. The van der Waals surface area contributed by atoms with E-state index in [1.807, 2.05) is 5.01 Å². The molecule has 0 radical (unpaired) electrons. The molecule has 0 amide bonds. The van der Waals surface area contributed by atoms with Gasteiger partial charge in [0.25, 0.3) is 0 Å². The van der Waals surface area contributed by atoms with Gasteiger partial charge in [0, 0.05) is 30.2 Å². The Bertz CT molecular complexity index is 1090. The number of fused-ring (bicyclic) bond motifs is 3. The highest BCUT2D eigenvalue weighted by atomic mass is 32.1. The number of halogens is 3. The van der Waals surface area contributed by atoms with Gasteiger partial charge in [0.05, 0.1) is 17.7 Å². The lowest BCUT2D eigenvalue weighted by Gasteiger charge is -2.47. The van der Waals surface area contributed by atoms with Crippen molar-refractivity contribution in [2.75, 3.05) is 19.7 Å². The number of nitrogens with one attached hydrogen (secondary N) is 1. The molecule has 3 aliphatic rings. The molecule has 0 spiro atoms. The van der Waals surface area contributed by atoms with Crippen LogP contribution >= 0.6 is 11.3 Å². The molecule has 5 heterocycles. The van der Waals surface area contributed by atoms with Crippen molar-refractivity contribution in [3.63, 3.8) is 0 Å². The Morgan fingerprint density at radius 3 is 2.87 bits per heavy atom. The summed E-state index contributed by atoms with van der Waals surface area (Å²) in [5.74, 6) is 0.858. The Hall–Kier alpha value is -2.52. The Labute approximate surface area is 173 Å². The normalized spacial score (nSPS) is 24.4. The van der Waals surface area contributed by atoms with Gasteiger partial charge in [-0.15, -0.1) is 11.3 Å². The van der Waals surface area contributed by atoms with Gasteiger partial charge in [0.15, 0.2) is 11.7 Å². The molecule has 3 saturated heterocycles. The van der Waals surface area contributed by atoms with Crippen LogP contribution in [0.1, 0.15) is 30.0 Å². The molecular weight excluding hydrogens is 419 g/mol. The molecule has 3 aliphatic heterocycles. The van der Waals surface area contributed by atoms with Crippen LogP contribution in [0.2, 0.25) is 0 Å². The Balaban J connectivity index is 1.64. The van der Waals surface area contributed by atoms with E-state index >= 15 is 0 Å². The van der Waals surface area contributed by atoms with E-state index in [1.54, 1.807) is 17.6 Å². The van der Waals surface area contributed by atoms with Crippen molar-refractivity contribution in [1.29, 1.82) is 5.26 Å². The first-order valence-corrected chi connectivity index (χ1v) is 10.2. The summed E-state index contributed by atoms with van der Waals surface area (Å²) >= 11 is 1.36. The monoisotopic (exact) mass is 435 g/mol. The first kappa shape index (κ1) is 19.4. The fraction of sp³-hybridized carbons (Fsp3) is 0.421. The minimum Gasteiger partial charge on any atom is -0.438 e. The van der Waals surface area contributed by atoms with Crippen LogP contribution in [0.15, 0.2) is 28.1 Å². The third kappa shape index (κ3) is 3.35. The predicted molar refractivity (Wildman–Crippen MR) is 101 cm³/mol. The van der Waals surface area contributed by atoms with Gasteiger partial charge in [0.2, 0.25) is 5.89 Å². The fourth-order valence-corrected chi connectivity index (χ4v) is 4.66. The summed E-state index contributed by atoms with van der Waals surface area (Å²) in [6.45, 7) is 1.21. The van der Waals surface area contributed by atoms with Gasteiger partial charge in [-0.2, -0.15) is 18.4 Å². The number of thiazole rings is 1. The molecule has 30 heavy (non-hydrogen) atoms. The number of aromatic nitrogens is 2. The van der Waals surface area contributed by atoms with E-state index in [0.717, 1.165) is 19.5 Å². The van der Waals surface area contributed by atoms with Gasteiger partial charge in [-0.05, 0) is 18.4 Å². The molecule has 3 fully saturated rings. The number of nitrogens with zero attached hydrogens (tertiary/aromatic N) is 4. The van der Waals surface area contributed by atoms with Crippen LogP contribution in [0.4, 0.5) is 13.2 Å². The molecule has 7 nitrogen and oxygen atoms in total. The predicted octanol–water partition coefficient (Wildman–Crippen LogP) is 3.98. The number of alkyl halides is 3. The summed E-state index contributed by atoms with van der Waals surface area (Å²) < 4.78 is 52.1. The third-order valence-corrected chi connectivity index (χ3v) is 6.12. The summed E-state index contributed by atoms with van der Waals surface area (Å²) in [5, 5.41) is 13.2. The topological polar surface area (TPSA) is 87.2 Å². The second-order valence-electron chi connectivity index (χ2n) is 7.35. The average Bonchev–Trinajstić information content (AvgIpc) is 3.37. The zero-order valence-electron chi connectivity index (χ0n) is 15.5. The highest BCUT2D eigenvalue weighted by Gasteiger charge is 2.44. The smallest absolute Gasteiger partial charge is 0.418 e. The van der Waals surface area contributed by atoms with Gasteiger partial charge in [-0.3, -0.25) is 0 Å². The highest BCUT2D eigenvalue weighted by molar-refractivity contribution is 7.13. The molecule has 156 valence electrons. The minimum atomic E-state index is -4.71. The van der Waals surface area contributed by atoms with Gasteiger partial charge in [-0.1, -0.05) is 6.07 Å². The van der Waals surface area contributed by atoms with Crippen LogP contribution in [-0.2, 0) is 4.74 Å². The van der Waals surface area contributed by atoms with Crippen LogP contribution in [0.5, 0.6) is 0 Å². The zero-order valence-corrected chi connectivity index (χ0v) is 16.3. The molecule has 2 atom stereocenters. The lowest BCUT2D eigenvalue weighted by molar-refractivity contribution is -0.219. The lowest BCUT2D eigenvalue weighted by atomic mass is 9.90. The van der Waals surface area contributed by atoms with E-state index in [1.165, 1.54) is 23.5 Å². The van der Waals surface area contributed by atoms with Gasteiger partial charge in [0.1, 0.15) is 17.1 Å². The number of benzene rings is 1. The number of nitriles is 1. The average molecular weight is 435 g/mol. The molecule has 2 aromatic heterocycles. The molecule has 2 unspecified atom stereocenters. The second-order valence-corrected chi connectivity index (χ2v) is 8.24. The number of oxazole rings is 1. The van der Waals surface area contributed by atoms with Crippen LogP contribution in [0.25, 0.3) is 21.7 Å². The SMILES string of the molecule is N#CCOC(c1ccc(-c2nccs2)c2oc(C3CC4CN(C4)N3)nc12)C(F)(F)F. The first-order valence-electron chi connectivity index (χ1n) is 9.33. The Morgan fingerprint density at radius 2 is 2.23 bits per heavy atom. The summed E-state index contributed by atoms with van der Waals surface area (Å²) in [7, 11) is 0. The van der Waals surface area contributed by atoms with E-state index < -0.39 is 18.9 Å². The van der Waals surface area contributed by atoms with E-state index in [0.29, 0.717) is 22.4 Å². The van der Waals surface area contributed by atoms with E-state index in [4.69, 9.17) is 14.4 Å². The maximum Gasteiger partial charge on any atom is 0.418 e. The van der Waals surface area contributed by atoms with Gasteiger partial charge in [-0.25, -0.2) is 20.4 Å². The summed E-state index contributed by atoms with van der Waals surface area (Å²) in [4.78, 5) is 8.72. The van der Waals surface area contributed by atoms with Crippen molar-refractivity contribution in [3.05, 3.63) is 35.2 Å². The molecule has 0 aliphatic carbocycles.